The second-order valence-corrected chi connectivity index (χ2v) is 5.48. The van der Waals surface area contributed by atoms with Gasteiger partial charge in [-0.2, -0.15) is 0 Å². The van der Waals surface area contributed by atoms with E-state index < -0.39 is 11.9 Å². The van der Waals surface area contributed by atoms with E-state index in [1.165, 1.54) is 24.8 Å². The first-order chi connectivity index (χ1) is 9.66. The van der Waals surface area contributed by atoms with Gasteiger partial charge in [0.1, 0.15) is 0 Å². The zero-order valence-corrected chi connectivity index (χ0v) is 12.1. The maximum atomic E-state index is 10.9. The molecule has 1 aliphatic rings. The highest BCUT2D eigenvalue weighted by molar-refractivity contribution is 5.75. The van der Waals surface area contributed by atoms with Gasteiger partial charge in [-0.25, -0.2) is 0 Å². The van der Waals surface area contributed by atoms with E-state index in [1.807, 2.05) is 24.3 Å². The Labute approximate surface area is 120 Å². The zero-order valence-electron chi connectivity index (χ0n) is 12.1. The normalized spacial score (nSPS) is 15.9. The van der Waals surface area contributed by atoms with Crippen molar-refractivity contribution in [3.63, 3.8) is 0 Å². The zero-order chi connectivity index (χ0) is 14.4. The second-order valence-electron chi connectivity index (χ2n) is 5.48. The molecule has 1 unspecified atom stereocenters. The lowest BCUT2D eigenvalue weighted by Crippen LogP contribution is -2.15. The van der Waals surface area contributed by atoms with Crippen molar-refractivity contribution in [2.75, 3.05) is 6.54 Å². The van der Waals surface area contributed by atoms with E-state index >= 15 is 0 Å². The topological polar surface area (TPSA) is 49.3 Å². The Hall–Kier alpha value is -1.61. The second kappa shape index (κ2) is 7.25. The van der Waals surface area contributed by atoms with Gasteiger partial charge in [0.25, 0.3) is 0 Å². The first-order valence-corrected chi connectivity index (χ1v) is 7.37. The number of nitrogens with one attached hydrogen (secondary N) is 1. The quantitative estimate of drug-likeness (QED) is 0.591. The van der Waals surface area contributed by atoms with Gasteiger partial charge in [-0.05, 0) is 50.3 Å². The molecule has 1 aromatic carbocycles. The summed E-state index contributed by atoms with van der Waals surface area (Å²) in [5.41, 5.74) is 3.65. The number of carboxylic acid groups (broad SMARTS) is 1. The van der Waals surface area contributed by atoms with Gasteiger partial charge in [-0.15, -0.1) is 0 Å². The fourth-order valence-electron chi connectivity index (χ4n) is 2.51. The minimum Gasteiger partial charge on any atom is -0.481 e. The Morgan fingerprint density at radius 2 is 2.10 bits per heavy atom. The van der Waals surface area contributed by atoms with Gasteiger partial charge >= 0.3 is 5.97 Å². The predicted octanol–water partition coefficient (Wildman–Crippen LogP) is 3.46. The van der Waals surface area contributed by atoms with Crippen molar-refractivity contribution >= 4 is 5.97 Å². The molecular weight excluding hydrogens is 250 g/mol. The smallest absolute Gasteiger partial charge is 0.310 e. The number of hydrogen-bond acceptors (Lipinski definition) is 2. The van der Waals surface area contributed by atoms with Gasteiger partial charge in [0.2, 0.25) is 0 Å². The van der Waals surface area contributed by atoms with Crippen molar-refractivity contribution in [3.05, 3.63) is 47.0 Å². The predicted molar refractivity (Wildman–Crippen MR) is 80.8 cm³/mol. The van der Waals surface area contributed by atoms with Crippen LogP contribution >= 0.6 is 0 Å². The van der Waals surface area contributed by atoms with Crippen molar-refractivity contribution in [1.29, 1.82) is 0 Å². The van der Waals surface area contributed by atoms with Crippen LogP contribution in [0.2, 0.25) is 0 Å². The molecule has 0 aromatic heterocycles. The lowest BCUT2D eigenvalue weighted by Gasteiger charge is -2.09. The van der Waals surface area contributed by atoms with E-state index in [4.69, 9.17) is 5.11 Å². The molecule has 0 saturated heterocycles. The summed E-state index contributed by atoms with van der Waals surface area (Å²) >= 11 is 0. The Morgan fingerprint density at radius 1 is 1.35 bits per heavy atom. The van der Waals surface area contributed by atoms with Crippen LogP contribution in [0.3, 0.4) is 0 Å². The molecule has 2 rings (SSSR count). The molecule has 0 spiro atoms. The van der Waals surface area contributed by atoms with Crippen molar-refractivity contribution in [2.24, 2.45) is 0 Å². The van der Waals surface area contributed by atoms with E-state index in [0.29, 0.717) is 0 Å². The van der Waals surface area contributed by atoms with Crippen LogP contribution in [0.25, 0.3) is 0 Å². The third kappa shape index (κ3) is 4.20. The maximum Gasteiger partial charge on any atom is 0.310 e. The highest BCUT2D eigenvalue weighted by Crippen LogP contribution is 2.20. The number of carbonyl (C=O) groups is 1. The summed E-state index contributed by atoms with van der Waals surface area (Å²) in [6.07, 6.45) is 7.35. The molecule has 1 aromatic rings. The molecule has 1 aliphatic carbocycles. The highest BCUT2D eigenvalue weighted by atomic mass is 16.4. The van der Waals surface area contributed by atoms with Gasteiger partial charge in [0, 0.05) is 6.54 Å². The molecule has 0 bridgehead atoms. The number of carboxylic acids is 1. The van der Waals surface area contributed by atoms with Crippen molar-refractivity contribution in [2.45, 2.75) is 45.1 Å². The summed E-state index contributed by atoms with van der Waals surface area (Å²) in [5, 5.41) is 12.4. The van der Waals surface area contributed by atoms with Gasteiger partial charge in [0.05, 0.1) is 5.92 Å². The molecule has 3 nitrogen and oxygen atoms in total. The number of rotatable bonds is 7. The minimum absolute atomic E-state index is 0.439. The minimum atomic E-state index is -0.777. The van der Waals surface area contributed by atoms with Gasteiger partial charge in [-0.1, -0.05) is 35.9 Å². The van der Waals surface area contributed by atoms with E-state index in [9.17, 15) is 4.79 Å². The monoisotopic (exact) mass is 273 g/mol. The van der Waals surface area contributed by atoms with Crippen LogP contribution in [0.1, 0.15) is 49.7 Å². The number of hydrogen-bond donors (Lipinski definition) is 2. The standard InChI is InChI=1S/C17H23NO2/c1-13(17(19)20)16-8-6-15(7-9-16)12-18-11-10-14-4-2-3-5-14/h4,6-9,13,18H,2-3,5,10-12H2,1H3,(H,19,20). The summed E-state index contributed by atoms with van der Waals surface area (Å²) < 4.78 is 0. The van der Waals surface area contributed by atoms with Crippen LogP contribution in [-0.2, 0) is 11.3 Å². The Kier molecular flexibility index (Phi) is 5.36. The summed E-state index contributed by atoms with van der Waals surface area (Å²) in [4.78, 5) is 10.9. The van der Waals surface area contributed by atoms with E-state index in [-0.39, 0.29) is 0 Å². The third-order valence-corrected chi connectivity index (χ3v) is 3.94. The van der Waals surface area contributed by atoms with Crippen LogP contribution in [0.15, 0.2) is 35.9 Å². The summed E-state index contributed by atoms with van der Waals surface area (Å²) in [5.74, 6) is -1.22. The van der Waals surface area contributed by atoms with Crippen LogP contribution < -0.4 is 5.32 Å². The molecule has 1 atom stereocenters. The molecule has 20 heavy (non-hydrogen) atoms. The number of allylic oxidation sites excluding steroid dienone is 1. The Bertz CT molecular complexity index is 476. The molecule has 0 saturated carbocycles. The SMILES string of the molecule is CC(C(=O)O)c1ccc(CNCCC2=CCCC2)cc1. The average molecular weight is 273 g/mol. The van der Waals surface area contributed by atoms with E-state index in [2.05, 4.69) is 11.4 Å². The number of benzene rings is 1. The van der Waals surface area contributed by atoms with E-state index in [0.717, 1.165) is 25.1 Å². The molecule has 0 heterocycles. The van der Waals surface area contributed by atoms with E-state index in [1.54, 1.807) is 12.5 Å². The molecule has 0 aliphatic heterocycles. The Balaban J connectivity index is 1.74. The van der Waals surface area contributed by atoms with Crippen LogP contribution in [0, 0.1) is 0 Å². The van der Waals surface area contributed by atoms with Crippen molar-refractivity contribution in [3.8, 4) is 0 Å². The molecule has 0 amide bonds. The van der Waals surface area contributed by atoms with Crippen LogP contribution in [0.4, 0.5) is 0 Å². The van der Waals surface area contributed by atoms with Gasteiger partial charge in [-0.3, -0.25) is 4.79 Å². The maximum absolute atomic E-state index is 10.9. The third-order valence-electron chi connectivity index (χ3n) is 3.94. The van der Waals surface area contributed by atoms with Gasteiger partial charge in [0.15, 0.2) is 0 Å². The molecular formula is C17H23NO2. The van der Waals surface area contributed by atoms with Crippen molar-refractivity contribution < 1.29 is 9.90 Å². The first kappa shape index (κ1) is 14.8. The van der Waals surface area contributed by atoms with Crippen LogP contribution in [0.5, 0.6) is 0 Å². The molecule has 108 valence electrons. The molecule has 2 N–H and O–H groups in total. The largest absolute Gasteiger partial charge is 0.481 e. The number of aliphatic carboxylic acids is 1. The molecule has 0 radical (unpaired) electrons. The Morgan fingerprint density at radius 3 is 2.70 bits per heavy atom. The van der Waals surface area contributed by atoms with Crippen LogP contribution in [-0.4, -0.2) is 17.6 Å². The van der Waals surface area contributed by atoms with Crippen molar-refractivity contribution in [1.82, 2.24) is 5.32 Å². The lowest BCUT2D eigenvalue weighted by molar-refractivity contribution is -0.138. The molecule has 3 heteroatoms. The first-order valence-electron chi connectivity index (χ1n) is 7.37. The van der Waals surface area contributed by atoms with Gasteiger partial charge < -0.3 is 10.4 Å². The lowest BCUT2D eigenvalue weighted by atomic mass is 10.00. The summed E-state index contributed by atoms with van der Waals surface area (Å²) in [7, 11) is 0. The fourth-order valence-corrected chi connectivity index (χ4v) is 2.51. The average Bonchev–Trinajstić information content (AvgIpc) is 2.96. The highest BCUT2D eigenvalue weighted by Gasteiger charge is 2.12. The fraction of sp³-hybridized carbons (Fsp3) is 0.471. The molecule has 0 fully saturated rings. The summed E-state index contributed by atoms with van der Waals surface area (Å²) in [6.45, 7) is 3.57. The summed E-state index contributed by atoms with van der Waals surface area (Å²) in [6, 6.07) is 7.85.